The van der Waals surface area contributed by atoms with E-state index in [2.05, 4.69) is 46.1 Å². The standard InChI is InChI=1S/C41H81N9O7S/c1-2-3-4-5-6-7-8-9-10-11-12-25-36(51)46-29-20-16-23-32(47-37(52)31(45)30-58)38(53)48-33(21-13-17-26-42)39(54)49-34(22-14-18-27-43)40(55)50-35(41(56)57)24-15-19-28-44/h31-35,58H,2-30,42-45H2,1H3,(H,46,51)(H,47,52)(H,48,53)(H,49,54)(H,50,55)(H,56,57)/t31-,32-,33-,34-,35-/m0/s1. The van der Waals surface area contributed by atoms with Crippen LogP contribution in [0.5, 0.6) is 0 Å². The number of thiol groups is 1. The number of amides is 5. The van der Waals surface area contributed by atoms with E-state index >= 15 is 0 Å². The van der Waals surface area contributed by atoms with Crippen molar-refractivity contribution in [2.24, 2.45) is 22.9 Å². The highest BCUT2D eigenvalue weighted by atomic mass is 32.1. The van der Waals surface area contributed by atoms with Gasteiger partial charge in [0, 0.05) is 18.7 Å². The molecule has 0 rings (SSSR count). The molecule has 0 aromatic heterocycles. The molecular formula is C41H81N9O7S. The van der Waals surface area contributed by atoms with Crippen LogP contribution in [0.1, 0.15) is 161 Å². The molecule has 0 aliphatic carbocycles. The number of carboxylic acids is 1. The van der Waals surface area contributed by atoms with Crippen LogP contribution in [0.4, 0.5) is 0 Å². The van der Waals surface area contributed by atoms with Crippen LogP contribution in [-0.2, 0) is 28.8 Å². The number of unbranched alkanes of at least 4 members (excludes halogenated alkanes) is 14. The Morgan fingerprint density at radius 3 is 1.26 bits per heavy atom. The van der Waals surface area contributed by atoms with Gasteiger partial charge >= 0.3 is 5.97 Å². The monoisotopic (exact) mass is 844 g/mol. The maximum Gasteiger partial charge on any atom is 0.326 e. The predicted octanol–water partition coefficient (Wildman–Crippen LogP) is 2.64. The number of carbonyl (C=O) groups excluding carboxylic acids is 5. The largest absolute Gasteiger partial charge is 0.480 e. The molecule has 338 valence electrons. The summed E-state index contributed by atoms with van der Waals surface area (Å²) in [6.07, 6.45) is 18.8. The van der Waals surface area contributed by atoms with Gasteiger partial charge in [0.2, 0.25) is 29.5 Å². The number of nitrogens with one attached hydrogen (secondary N) is 5. The highest BCUT2D eigenvalue weighted by Gasteiger charge is 2.31. The van der Waals surface area contributed by atoms with Gasteiger partial charge in [0.05, 0.1) is 6.04 Å². The molecule has 0 aromatic rings. The third-order valence-electron chi connectivity index (χ3n) is 10.1. The SMILES string of the molecule is CCCCCCCCCCCCCC(=O)NCCCC[C@H](NC(=O)[C@@H](N)CS)C(=O)N[C@@H](CCCCN)C(=O)N[C@@H](CCCCN)C(=O)N[C@@H](CCCCN)C(=O)O. The first-order valence-corrected chi connectivity index (χ1v) is 22.8. The Bertz CT molecular complexity index is 1140. The van der Waals surface area contributed by atoms with Gasteiger partial charge in [-0.15, -0.1) is 0 Å². The molecular weight excluding hydrogens is 763 g/mol. The fourth-order valence-electron chi connectivity index (χ4n) is 6.46. The van der Waals surface area contributed by atoms with Crippen LogP contribution in [0.15, 0.2) is 0 Å². The van der Waals surface area contributed by atoms with Crippen molar-refractivity contribution in [3.63, 3.8) is 0 Å². The van der Waals surface area contributed by atoms with Crippen molar-refractivity contribution in [2.45, 2.75) is 191 Å². The molecule has 17 heteroatoms. The summed E-state index contributed by atoms with van der Waals surface area (Å²) in [5.74, 6) is -3.63. The second-order valence-corrected chi connectivity index (χ2v) is 15.7. The van der Waals surface area contributed by atoms with Gasteiger partial charge < -0.3 is 54.6 Å². The minimum atomic E-state index is -1.20. The number of hydrogen-bond donors (Lipinski definition) is 11. The van der Waals surface area contributed by atoms with Gasteiger partial charge in [-0.05, 0) is 103 Å². The molecule has 0 saturated carbocycles. The number of aliphatic carboxylic acids is 1. The summed E-state index contributed by atoms with van der Waals surface area (Å²) >= 11 is 4.10. The van der Waals surface area contributed by atoms with Crippen LogP contribution in [0.2, 0.25) is 0 Å². The summed E-state index contributed by atoms with van der Waals surface area (Å²) in [6, 6.07) is -5.34. The van der Waals surface area contributed by atoms with E-state index in [1.165, 1.54) is 51.4 Å². The highest BCUT2D eigenvalue weighted by molar-refractivity contribution is 7.80. The molecule has 14 N–H and O–H groups in total. The number of carboxylic acid groups (broad SMARTS) is 1. The summed E-state index contributed by atoms with van der Waals surface area (Å²) in [5.41, 5.74) is 22.8. The Morgan fingerprint density at radius 2 is 0.862 bits per heavy atom. The molecule has 0 radical (unpaired) electrons. The molecule has 5 amide bonds. The summed E-state index contributed by atoms with van der Waals surface area (Å²) < 4.78 is 0. The van der Waals surface area contributed by atoms with Gasteiger partial charge in [-0.2, -0.15) is 12.6 Å². The fourth-order valence-corrected chi connectivity index (χ4v) is 6.63. The van der Waals surface area contributed by atoms with Crippen LogP contribution in [0.3, 0.4) is 0 Å². The average Bonchev–Trinajstić information content (AvgIpc) is 3.20. The predicted molar refractivity (Wildman–Crippen MR) is 234 cm³/mol. The van der Waals surface area contributed by atoms with Gasteiger partial charge in [0.25, 0.3) is 0 Å². The second-order valence-electron chi connectivity index (χ2n) is 15.4. The zero-order chi connectivity index (χ0) is 43.4. The van der Waals surface area contributed by atoms with Crippen LogP contribution < -0.4 is 49.5 Å². The highest BCUT2D eigenvalue weighted by Crippen LogP contribution is 2.13. The van der Waals surface area contributed by atoms with Crippen molar-refractivity contribution in [3.05, 3.63) is 0 Å². The van der Waals surface area contributed by atoms with Crippen molar-refractivity contribution in [1.82, 2.24) is 26.6 Å². The van der Waals surface area contributed by atoms with Gasteiger partial charge in [0.1, 0.15) is 24.2 Å². The first kappa shape index (κ1) is 55.0. The van der Waals surface area contributed by atoms with Gasteiger partial charge in [-0.1, -0.05) is 71.1 Å². The minimum absolute atomic E-state index is 0.00954. The lowest BCUT2D eigenvalue weighted by atomic mass is 10.0. The smallest absolute Gasteiger partial charge is 0.326 e. The number of rotatable bonds is 39. The van der Waals surface area contributed by atoms with E-state index in [-0.39, 0.29) is 37.3 Å². The molecule has 0 aromatic carbocycles. The molecule has 0 spiro atoms. The van der Waals surface area contributed by atoms with Crippen molar-refractivity contribution in [3.8, 4) is 0 Å². The minimum Gasteiger partial charge on any atom is -0.480 e. The Labute approximate surface area is 353 Å². The van der Waals surface area contributed by atoms with E-state index in [4.69, 9.17) is 22.9 Å². The summed E-state index contributed by atoms with van der Waals surface area (Å²) in [7, 11) is 0. The Hall–Kier alpha value is -2.99. The molecule has 0 unspecified atom stereocenters. The van der Waals surface area contributed by atoms with Crippen LogP contribution in [0, 0.1) is 0 Å². The van der Waals surface area contributed by atoms with E-state index < -0.39 is 59.8 Å². The number of carbonyl (C=O) groups is 6. The Morgan fingerprint density at radius 1 is 0.500 bits per heavy atom. The third-order valence-corrected chi connectivity index (χ3v) is 10.5. The topological polar surface area (TPSA) is 287 Å². The molecule has 0 fully saturated rings. The normalized spacial score (nSPS) is 13.8. The summed E-state index contributed by atoms with van der Waals surface area (Å²) in [6.45, 7) is 3.77. The molecule has 0 aliphatic heterocycles. The average molecular weight is 844 g/mol. The molecule has 5 atom stereocenters. The number of nitrogens with two attached hydrogens (primary N) is 4. The lowest BCUT2D eigenvalue weighted by Crippen LogP contribution is -2.58. The first-order valence-electron chi connectivity index (χ1n) is 22.1. The zero-order valence-electron chi connectivity index (χ0n) is 35.5. The van der Waals surface area contributed by atoms with Crippen LogP contribution in [0.25, 0.3) is 0 Å². The lowest BCUT2D eigenvalue weighted by Gasteiger charge is -2.26. The lowest BCUT2D eigenvalue weighted by molar-refractivity contribution is -0.142. The Kier molecular flexibility index (Phi) is 35.1. The Balaban J connectivity index is 5.42. The van der Waals surface area contributed by atoms with Crippen LogP contribution in [-0.4, -0.2) is 103 Å². The molecule has 58 heavy (non-hydrogen) atoms. The quantitative estimate of drug-likeness (QED) is 0.0316. The fraction of sp³-hybridized carbons (Fsp3) is 0.854. The van der Waals surface area contributed by atoms with Crippen molar-refractivity contribution >= 4 is 48.1 Å². The van der Waals surface area contributed by atoms with Crippen molar-refractivity contribution < 1.29 is 33.9 Å². The van der Waals surface area contributed by atoms with Crippen molar-refractivity contribution in [2.75, 3.05) is 31.9 Å². The van der Waals surface area contributed by atoms with E-state index in [1.54, 1.807) is 0 Å². The van der Waals surface area contributed by atoms with Crippen molar-refractivity contribution in [1.29, 1.82) is 0 Å². The second kappa shape index (κ2) is 37.0. The van der Waals surface area contributed by atoms with E-state index in [1.807, 2.05) is 0 Å². The molecule has 0 aliphatic rings. The molecule has 0 bridgehead atoms. The molecule has 16 nitrogen and oxygen atoms in total. The van der Waals surface area contributed by atoms with Gasteiger partial charge in [-0.3, -0.25) is 24.0 Å². The summed E-state index contributed by atoms with van der Waals surface area (Å²) in [5, 5.41) is 23.4. The van der Waals surface area contributed by atoms with Gasteiger partial charge in [0.15, 0.2) is 0 Å². The first-order chi connectivity index (χ1) is 27.9. The maximum absolute atomic E-state index is 13.8. The summed E-state index contributed by atoms with van der Waals surface area (Å²) in [4.78, 5) is 78.0. The van der Waals surface area contributed by atoms with E-state index in [9.17, 15) is 33.9 Å². The maximum atomic E-state index is 13.8. The molecule has 0 saturated heterocycles. The van der Waals surface area contributed by atoms with Crippen LogP contribution >= 0.6 is 12.6 Å². The zero-order valence-corrected chi connectivity index (χ0v) is 36.4. The molecule has 0 heterocycles. The third kappa shape index (κ3) is 28.4. The van der Waals surface area contributed by atoms with E-state index in [0.717, 1.165) is 19.3 Å². The van der Waals surface area contributed by atoms with E-state index in [0.29, 0.717) is 84.0 Å². The number of hydrogen-bond acceptors (Lipinski definition) is 11. The van der Waals surface area contributed by atoms with Gasteiger partial charge in [-0.25, -0.2) is 4.79 Å².